The summed E-state index contributed by atoms with van der Waals surface area (Å²) in [4.78, 5) is 7.45. The van der Waals surface area contributed by atoms with E-state index in [9.17, 15) is 0 Å². The van der Waals surface area contributed by atoms with Crippen LogP contribution in [0.2, 0.25) is 5.02 Å². The molecule has 2 rings (SSSR count). The van der Waals surface area contributed by atoms with E-state index in [1.165, 1.54) is 0 Å². The lowest BCUT2D eigenvalue weighted by molar-refractivity contribution is 0.448. The van der Waals surface area contributed by atoms with Gasteiger partial charge in [-0.25, -0.2) is 0 Å². The Bertz CT molecular complexity index is 354. The number of pyridine rings is 1. The normalized spacial score (nSPS) is 16.4. The number of rotatable bonds is 2. The zero-order chi connectivity index (χ0) is 9.97. The van der Waals surface area contributed by atoms with Gasteiger partial charge in [0.1, 0.15) is 0 Å². The molecule has 0 aromatic carbocycles. The van der Waals surface area contributed by atoms with Crippen molar-refractivity contribution < 1.29 is 0 Å². The number of hydrogen-bond acceptors (Lipinski definition) is 2. The van der Waals surface area contributed by atoms with Crippen molar-refractivity contribution in [2.45, 2.75) is 19.4 Å². The largest absolute Gasteiger partial charge is 0.360 e. The third kappa shape index (κ3) is 2.04. The lowest BCUT2D eigenvalue weighted by Crippen LogP contribution is -2.23. The van der Waals surface area contributed by atoms with Gasteiger partial charge in [-0.2, -0.15) is 0 Å². The Morgan fingerprint density at radius 3 is 3.07 bits per heavy atom. The fourth-order valence-electron chi connectivity index (χ4n) is 1.59. The van der Waals surface area contributed by atoms with Crippen molar-refractivity contribution in [3.63, 3.8) is 0 Å². The van der Waals surface area contributed by atoms with Gasteiger partial charge in [-0.15, -0.1) is 0 Å². The molecule has 0 amide bonds. The molecule has 2 nitrogen and oxygen atoms in total. The van der Waals surface area contributed by atoms with Crippen molar-refractivity contribution >= 4 is 28.8 Å². The van der Waals surface area contributed by atoms with Crippen molar-refractivity contribution in [3.05, 3.63) is 29.0 Å². The second kappa shape index (κ2) is 4.24. The summed E-state index contributed by atoms with van der Waals surface area (Å²) in [7, 11) is 0. The van der Waals surface area contributed by atoms with Crippen molar-refractivity contribution in [2.24, 2.45) is 0 Å². The SMILES string of the molecule is S=C1CCCN1Cc1ncccc1Cl. The van der Waals surface area contributed by atoms with Gasteiger partial charge in [0, 0.05) is 12.7 Å². The highest BCUT2D eigenvalue weighted by Crippen LogP contribution is 2.19. The number of nitrogens with zero attached hydrogens (tertiary/aromatic N) is 2. The van der Waals surface area contributed by atoms with E-state index in [4.69, 9.17) is 23.8 Å². The van der Waals surface area contributed by atoms with E-state index in [0.717, 1.165) is 41.6 Å². The van der Waals surface area contributed by atoms with Crippen LogP contribution in [-0.2, 0) is 6.54 Å². The maximum absolute atomic E-state index is 6.02. The summed E-state index contributed by atoms with van der Waals surface area (Å²) in [5, 5.41) is 0.724. The maximum atomic E-state index is 6.02. The molecular weight excluding hydrogens is 216 g/mol. The first kappa shape index (κ1) is 9.87. The molecule has 74 valence electrons. The summed E-state index contributed by atoms with van der Waals surface area (Å²) in [5.41, 5.74) is 0.915. The molecule has 0 saturated carbocycles. The molecule has 1 aliphatic rings. The standard InChI is InChI=1S/C10H11ClN2S/c11-8-3-1-5-12-9(8)7-13-6-2-4-10(13)14/h1,3,5H,2,4,6-7H2. The molecule has 1 aromatic heterocycles. The first-order chi connectivity index (χ1) is 6.77. The summed E-state index contributed by atoms with van der Waals surface area (Å²) in [5.74, 6) is 0. The molecule has 0 unspecified atom stereocenters. The van der Waals surface area contributed by atoms with E-state index >= 15 is 0 Å². The minimum absolute atomic E-state index is 0.724. The van der Waals surface area contributed by atoms with E-state index in [2.05, 4.69) is 9.88 Å². The van der Waals surface area contributed by atoms with Crippen LogP contribution >= 0.6 is 23.8 Å². The highest BCUT2D eigenvalue weighted by molar-refractivity contribution is 7.80. The fraction of sp³-hybridized carbons (Fsp3) is 0.400. The number of hydrogen-bond donors (Lipinski definition) is 0. The maximum Gasteiger partial charge on any atom is 0.0783 e. The Hall–Kier alpha value is -0.670. The highest BCUT2D eigenvalue weighted by atomic mass is 35.5. The quantitative estimate of drug-likeness (QED) is 0.722. The van der Waals surface area contributed by atoms with Crippen LogP contribution in [0.15, 0.2) is 18.3 Å². The molecule has 0 bridgehead atoms. The average molecular weight is 227 g/mol. The molecule has 1 aliphatic heterocycles. The molecule has 14 heavy (non-hydrogen) atoms. The number of aromatic nitrogens is 1. The molecule has 0 aliphatic carbocycles. The monoisotopic (exact) mass is 226 g/mol. The third-order valence-electron chi connectivity index (χ3n) is 2.35. The first-order valence-corrected chi connectivity index (χ1v) is 5.43. The molecule has 4 heteroatoms. The van der Waals surface area contributed by atoms with Gasteiger partial charge in [-0.3, -0.25) is 4.98 Å². The van der Waals surface area contributed by atoms with E-state index in [0.29, 0.717) is 0 Å². The Balaban J connectivity index is 2.10. The Morgan fingerprint density at radius 1 is 1.57 bits per heavy atom. The number of halogens is 1. The predicted octanol–water partition coefficient (Wildman–Crippen LogP) is 2.66. The third-order valence-corrected chi connectivity index (χ3v) is 3.15. The zero-order valence-corrected chi connectivity index (χ0v) is 9.31. The molecule has 1 fully saturated rings. The van der Waals surface area contributed by atoms with Gasteiger partial charge in [-0.1, -0.05) is 23.8 Å². The molecule has 0 N–H and O–H groups in total. The van der Waals surface area contributed by atoms with E-state index in [1.807, 2.05) is 12.1 Å². The average Bonchev–Trinajstić information content (AvgIpc) is 2.56. The van der Waals surface area contributed by atoms with Crippen LogP contribution in [0.3, 0.4) is 0 Å². The zero-order valence-electron chi connectivity index (χ0n) is 7.74. The summed E-state index contributed by atoms with van der Waals surface area (Å²) in [6.07, 6.45) is 3.95. The van der Waals surface area contributed by atoms with Crippen molar-refractivity contribution in [3.8, 4) is 0 Å². The van der Waals surface area contributed by atoms with Crippen LogP contribution < -0.4 is 0 Å². The minimum Gasteiger partial charge on any atom is -0.360 e. The van der Waals surface area contributed by atoms with Gasteiger partial charge in [0.15, 0.2) is 0 Å². The molecule has 1 saturated heterocycles. The second-order valence-corrected chi connectivity index (χ2v) is 4.23. The molecular formula is C10H11ClN2S. The summed E-state index contributed by atoms with van der Waals surface area (Å²) in [6, 6.07) is 3.71. The Morgan fingerprint density at radius 2 is 2.43 bits per heavy atom. The highest BCUT2D eigenvalue weighted by Gasteiger charge is 2.17. The smallest absolute Gasteiger partial charge is 0.0783 e. The van der Waals surface area contributed by atoms with Gasteiger partial charge in [0.25, 0.3) is 0 Å². The van der Waals surface area contributed by atoms with Crippen molar-refractivity contribution in [2.75, 3.05) is 6.54 Å². The molecule has 0 spiro atoms. The van der Waals surface area contributed by atoms with Crippen molar-refractivity contribution in [1.82, 2.24) is 9.88 Å². The van der Waals surface area contributed by atoms with Gasteiger partial charge in [-0.05, 0) is 25.0 Å². The van der Waals surface area contributed by atoms with Crippen LogP contribution in [0.5, 0.6) is 0 Å². The van der Waals surface area contributed by atoms with Crippen LogP contribution in [-0.4, -0.2) is 21.4 Å². The lowest BCUT2D eigenvalue weighted by atomic mass is 10.3. The molecule has 2 heterocycles. The molecule has 0 atom stereocenters. The van der Waals surface area contributed by atoms with Crippen LogP contribution in [0.25, 0.3) is 0 Å². The number of likely N-dealkylation sites (tertiary alicyclic amines) is 1. The predicted molar refractivity (Wildman–Crippen MR) is 61.5 cm³/mol. The van der Waals surface area contributed by atoms with Gasteiger partial charge >= 0.3 is 0 Å². The van der Waals surface area contributed by atoms with Crippen molar-refractivity contribution in [1.29, 1.82) is 0 Å². The number of thiocarbonyl (C=S) groups is 1. The molecule has 1 aromatic rings. The summed E-state index contributed by atoms with van der Waals surface area (Å²) in [6.45, 7) is 1.78. The van der Waals surface area contributed by atoms with E-state index < -0.39 is 0 Å². The topological polar surface area (TPSA) is 16.1 Å². The van der Waals surface area contributed by atoms with Gasteiger partial charge < -0.3 is 4.90 Å². The van der Waals surface area contributed by atoms with E-state index in [-0.39, 0.29) is 0 Å². The van der Waals surface area contributed by atoms with Crippen LogP contribution in [0, 0.1) is 0 Å². The molecule has 0 radical (unpaired) electrons. The van der Waals surface area contributed by atoms with Crippen LogP contribution in [0.4, 0.5) is 0 Å². The summed E-state index contributed by atoms with van der Waals surface area (Å²) >= 11 is 11.3. The Labute approximate surface area is 93.9 Å². The first-order valence-electron chi connectivity index (χ1n) is 4.64. The van der Waals surface area contributed by atoms with Crippen LogP contribution in [0.1, 0.15) is 18.5 Å². The lowest BCUT2D eigenvalue weighted by Gasteiger charge is -2.17. The summed E-state index contributed by atoms with van der Waals surface area (Å²) < 4.78 is 0. The second-order valence-electron chi connectivity index (χ2n) is 3.35. The van der Waals surface area contributed by atoms with E-state index in [1.54, 1.807) is 6.20 Å². The Kier molecular flexibility index (Phi) is 2.99. The van der Waals surface area contributed by atoms with Gasteiger partial charge in [0.05, 0.1) is 22.2 Å². The van der Waals surface area contributed by atoms with Gasteiger partial charge in [0.2, 0.25) is 0 Å². The fourth-order valence-corrected chi connectivity index (χ4v) is 2.07. The minimum atomic E-state index is 0.724.